The van der Waals surface area contributed by atoms with Crippen LogP contribution in [0.5, 0.6) is 0 Å². The van der Waals surface area contributed by atoms with Crippen LogP contribution in [0.25, 0.3) is 5.69 Å². The van der Waals surface area contributed by atoms with Crippen molar-refractivity contribution in [2.75, 3.05) is 38.2 Å². The maximum atomic E-state index is 5.61. The molecule has 1 aliphatic heterocycles. The smallest absolute Gasteiger partial charge is 0.191 e. The Morgan fingerprint density at radius 2 is 2.00 bits per heavy atom. The molecule has 3 aromatic rings. The van der Waals surface area contributed by atoms with E-state index in [1.165, 1.54) is 5.56 Å². The van der Waals surface area contributed by atoms with Crippen LogP contribution in [0.15, 0.2) is 66.0 Å². The lowest BCUT2D eigenvalue weighted by Gasteiger charge is -2.32. The van der Waals surface area contributed by atoms with Gasteiger partial charge in [-0.25, -0.2) is 9.67 Å². The first-order valence-corrected chi connectivity index (χ1v) is 11.1. The Morgan fingerprint density at radius 1 is 1.16 bits per heavy atom. The number of morpholine rings is 1. The minimum absolute atomic E-state index is 0.246. The van der Waals surface area contributed by atoms with Crippen molar-refractivity contribution in [3.63, 3.8) is 0 Å². The molecule has 3 heterocycles. The minimum atomic E-state index is 0.246. The van der Waals surface area contributed by atoms with E-state index in [-0.39, 0.29) is 6.10 Å². The fourth-order valence-corrected chi connectivity index (χ4v) is 3.70. The number of rotatable bonds is 7. The van der Waals surface area contributed by atoms with E-state index in [9.17, 15) is 0 Å². The molecule has 0 amide bonds. The number of hydrogen-bond donors (Lipinski definition) is 2. The number of nitrogens with zero attached hydrogens (tertiary/aromatic N) is 5. The van der Waals surface area contributed by atoms with Gasteiger partial charge in [-0.15, -0.1) is 0 Å². The van der Waals surface area contributed by atoms with E-state index >= 15 is 0 Å². The lowest BCUT2D eigenvalue weighted by Crippen LogP contribution is -2.41. The van der Waals surface area contributed by atoms with Gasteiger partial charge in [0.1, 0.15) is 5.82 Å². The summed E-state index contributed by atoms with van der Waals surface area (Å²) in [5.74, 6) is 1.79. The summed E-state index contributed by atoms with van der Waals surface area (Å²) >= 11 is 0. The van der Waals surface area contributed by atoms with E-state index in [0.717, 1.165) is 55.7 Å². The Kier molecular flexibility index (Phi) is 7.34. The summed E-state index contributed by atoms with van der Waals surface area (Å²) in [4.78, 5) is 11.2. The summed E-state index contributed by atoms with van der Waals surface area (Å²) in [7, 11) is 1.79. The van der Waals surface area contributed by atoms with Crippen molar-refractivity contribution in [1.29, 1.82) is 0 Å². The third-order valence-corrected chi connectivity index (χ3v) is 5.47. The van der Waals surface area contributed by atoms with Crippen molar-refractivity contribution in [3.05, 3.63) is 72.2 Å². The summed E-state index contributed by atoms with van der Waals surface area (Å²) in [6.45, 7) is 6.09. The molecule has 32 heavy (non-hydrogen) atoms. The topological polar surface area (TPSA) is 79.6 Å². The third kappa shape index (κ3) is 5.85. The Hall–Kier alpha value is -3.39. The monoisotopic (exact) mass is 433 g/mol. The fourth-order valence-electron chi connectivity index (χ4n) is 3.70. The highest BCUT2D eigenvalue weighted by Gasteiger charge is 2.17. The molecule has 4 rings (SSSR count). The molecule has 8 nitrogen and oxygen atoms in total. The van der Waals surface area contributed by atoms with E-state index in [4.69, 9.17) is 4.74 Å². The first kappa shape index (κ1) is 21.8. The summed E-state index contributed by atoms with van der Waals surface area (Å²) in [6, 6.07) is 14.6. The zero-order valence-corrected chi connectivity index (χ0v) is 18.7. The predicted octanol–water partition coefficient (Wildman–Crippen LogP) is 2.40. The van der Waals surface area contributed by atoms with Crippen LogP contribution in [0.1, 0.15) is 18.1 Å². The van der Waals surface area contributed by atoms with E-state index in [1.807, 2.05) is 23.1 Å². The van der Waals surface area contributed by atoms with Crippen LogP contribution in [0, 0.1) is 0 Å². The Morgan fingerprint density at radius 3 is 2.69 bits per heavy atom. The largest absolute Gasteiger partial charge is 0.375 e. The molecule has 1 aliphatic rings. The van der Waals surface area contributed by atoms with Gasteiger partial charge in [-0.1, -0.05) is 18.2 Å². The molecule has 1 fully saturated rings. The number of nitrogens with one attached hydrogen (secondary N) is 2. The molecule has 1 saturated heterocycles. The number of pyridine rings is 1. The Labute approximate surface area is 189 Å². The van der Waals surface area contributed by atoms with Gasteiger partial charge in [0.05, 0.1) is 18.4 Å². The second-order valence-electron chi connectivity index (χ2n) is 7.87. The number of aromatic nitrogens is 3. The van der Waals surface area contributed by atoms with Crippen molar-refractivity contribution in [2.24, 2.45) is 4.99 Å². The summed E-state index contributed by atoms with van der Waals surface area (Å²) in [6.07, 6.45) is 6.81. The van der Waals surface area contributed by atoms with Gasteiger partial charge in [0.2, 0.25) is 0 Å². The minimum Gasteiger partial charge on any atom is -0.375 e. The number of hydrogen-bond acceptors (Lipinski definition) is 5. The second kappa shape index (κ2) is 10.8. The van der Waals surface area contributed by atoms with Crippen LogP contribution in [0.2, 0.25) is 0 Å². The molecule has 0 bridgehead atoms. The van der Waals surface area contributed by atoms with Gasteiger partial charge in [0, 0.05) is 51.8 Å². The molecule has 0 saturated carbocycles. The lowest BCUT2D eigenvalue weighted by atomic mass is 10.1. The quantitative estimate of drug-likeness (QED) is 0.440. The summed E-state index contributed by atoms with van der Waals surface area (Å²) < 4.78 is 7.47. The average Bonchev–Trinajstić information content (AvgIpc) is 3.37. The average molecular weight is 434 g/mol. The van der Waals surface area contributed by atoms with E-state index in [1.54, 1.807) is 13.2 Å². The molecule has 1 aromatic carbocycles. The van der Waals surface area contributed by atoms with Gasteiger partial charge < -0.3 is 20.3 Å². The van der Waals surface area contributed by atoms with Crippen LogP contribution < -0.4 is 15.5 Å². The predicted molar refractivity (Wildman–Crippen MR) is 127 cm³/mol. The lowest BCUT2D eigenvalue weighted by molar-refractivity contribution is 0.0529. The molecule has 0 radical (unpaired) electrons. The van der Waals surface area contributed by atoms with Crippen LogP contribution in [0.3, 0.4) is 0 Å². The molecule has 2 N–H and O–H groups in total. The standard InChI is InChI=1S/C24H31N7O/c1-19-18-30(14-15-32-19)23-9-6-21(16-27-23)17-28-24(25-2)26-12-10-20-4-7-22(8-5-20)31-13-3-11-29-31/h3-9,11,13,16,19H,10,12,14-15,17-18H2,1-2H3,(H2,25,26,28). The van der Waals surface area contributed by atoms with Gasteiger partial charge in [0.25, 0.3) is 0 Å². The molecule has 0 aliphatic carbocycles. The number of guanidine groups is 1. The van der Waals surface area contributed by atoms with Crippen LogP contribution >= 0.6 is 0 Å². The molecule has 8 heteroatoms. The molecular weight excluding hydrogens is 402 g/mol. The van der Waals surface area contributed by atoms with Crippen LogP contribution in [-0.2, 0) is 17.7 Å². The normalized spacial score (nSPS) is 16.8. The number of benzene rings is 1. The SMILES string of the molecule is CN=C(NCCc1ccc(-n2cccn2)cc1)NCc1ccc(N2CCOC(C)C2)nc1. The van der Waals surface area contributed by atoms with E-state index in [0.29, 0.717) is 6.54 Å². The summed E-state index contributed by atoms with van der Waals surface area (Å²) in [5, 5.41) is 11.0. The third-order valence-electron chi connectivity index (χ3n) is 5.47. The fraction of sp³-hybridized carbons (Fsp3) is 0.375. The highest BCUT2D eigenvalue weighted by atomic mass is 16.5. The van der Waals surface area contributed by atoms with Crippen LogP contribution in [0.4, 0.5) is 5.82 Å². The molecule has 2 aromatic heterocycles. The van der Waals surface area contributed by atoms with Crippen molar-refractivity contribution in [3.8, 4) is 5.69 Å². The van der Waals surface area contributed by atoms with Crippen molar-refractivity contribution in [2.45, 2.75) is 26.0 Å². The maximum absolute atomic E-state index is 5.61. The molecular formula is C24H31N7O. The van der Waals surface area contributed by atoms with Gasteiger partial charge in [-0.2, -0.15) is 5.10 Å². The van der Waals surface area contributed by atoms with Gasteiger partial charge >= 0.3 is 0 Å². The highest BCUT2D eigenvalue weighted by molar-refractivity contribution is 5.79. The number of aliphatic imine (C=N–C) groups is 1. The van der Waals surface area contributed by atoms with E-state index < -0.39 is 0 Å². The number of anilines is 1. The van der Waals surface area contributed by atoms with Crippen molar-refractivity contribution < 1.29 is 4.74 Å². The first-order chi connectivity index (χ1) is 15.7. The zero-order valence-electron chi connectivity index (χ0n) is 18.7. The van der Waals surface area contributed by atoms with E-state index in [2.05, 4.69) is 73.9 Å². The first-order valence-electron chi connectivity index (χ1n) is 11.1. The summed E-state index contributed by atoms with van der Waals surface area (Å²) in [5.41, 5.74) is 3.44. The maximum Gasteiger partial charge on any atom is 0.191 e. The molecule has 168 valence electrons. The van der Waals surface area contributed by atoms with Crippen molar-refractivity contribution in [1.82, 2.24) is 25.4 Å². The molecule has 1 atom stereocenters. The number of ether oxygens (including phenoxy) is 1. The van der Waals surface area contributed by atoms with Gasteiger partial charge in [0.15, 0.2) is 5.96 Å². The Bertz CT molecular complexity index is 984. The second-order valence-corrected chi connectivity index (χ2v) is 7.87. The van der Waals surface area contributed by atoms with Gasteiger partial charge in [-0.3, -0.25) is 4.99 Å². The highest BCUT2D eigenvalue weighted by Crippen LogP contribution is 2.15. The zero-order chi connectivity index (χ0) is 22.2. The Balaban J connectivity index is 1.21. The van der Waals surface area contributed by atoms with Crippen LogP contribution in [-0.4, -0.2) is 60.1 Å². The molecule has 1 unspecified atom stereocenters. The van der Waals surface area contributed by atoms with Crippen molar-refractivity contribution >= 4 is 11.8 Å². The molecule has 0 spiro atoms. The van der Waals surface area contributed by atoms with Gasteiger partial charge in [-0.05, 0) is 48.7 Å².